The number of nitrogens with zero attached hydrogens (tertiary/aromatic N) is 3. The number of alkyl halides is 2. The van der Waals surface area contributed by atoms with Gasteiger partial charge in [0, 0.05) is 35.3 Å². The fraction of sp³-hybridized carbons (Fsp3) is 0.435. The fourth-order valence-electron chi connectivity index (χ4n) is 4.33. The van der Waals surface area contributed by atoms with Crippen LogP contribution < -0.4 is 5.56 Å². The second-order valence-electron chi connectivity index (χ2n) is 8.08. The minimum atomic E-state index is -3.03. The van der Waals surface area contributed by atoms with Crippen molar-refractivity contribution in [2.45, 2.75) is 64.3 Å². The van der Waals surface area contributed by atoms with Crippen LogP contribution in [0.5, 0.6) is 0 Å². The third-order valence-electron chi connectivity index (χ3n) is 5.82. The first-order valence-electron chi connectivity index (χ1n) is 10.2. The van der Waals surface area contributed by atoms with E-state index in [1.807, 2.05) is 25.1 Å². The lowest BCUT2D eigenvalue weighted by Crippen LogP contribution is -2.29. The number of halogens is 2. The van der Waals surface area contributed by atoms with E-state index in [1.54, 1.807) is 0 Å². The van der Waals surface area contributed by atoms with Crippen LogP contribution in [-0.2, 0) is 12.5 Å². The number of hydrogen-bond acceptors (Lipinski definition) is 3. The Hall–Kier alpha value is -2.63. The first-order valence-corrected chi connectivity index (χ1v) is 10.2. The Morgan fingerprint density at radius 3 is 2.66 bits per heavy atom. The van der Waals surface area contributed by atoms with Crippen molar-refractivity contribution in [3.8, 4) is 0 Å². The summed E-state index contributed by atoms with van der Waals surface area (Å²) in [6.45, 7) is 2.69. The Morgan fingerprint density at radius 1 is 1.17 bits per heavy atom. The highest BCUT2D eigenvalue weighted by molar-refractivity contribution is 5.76. The van der Waals surface area contributed by atoms with Crippen molar-refractivity contribution in [3.05, 3.63) is 69.4 Å². The van der Waals surface area contributed by atoms with E-state index in [9.17, 15) is 13.6 Å². The molecule has 0 radical (unpaired) electrons. The molecule has 1 aliphatic carbocycles. The predicted molar refractivity (Wildman–Crippen MR) is 109 cm³/mol. The Kier molecular flexibility index (Phi) is 5.19. The van der Waals surface area contributed by atoms with E-state index < -0.39 is 5.92 Å². The number of hydrogen-bond donors (Lipinski definition) is 0. The minimum Gasteiger partial charge on any atom is -0.286 e. The molecule has 0 aliphatic heterocycles. The van der Waals surface area contributed by atoms with E-state index in [2.05, 4.69) is 9.97 Å². The summed E-state index contributed by atoms with van der Waals surface area (Å²) in [5.74, 6) is -2.82. The Bertz CT molecular complexity index is 1100. The van der Waals surface area contributed by atoms with Gasteiger partial charge in [-0.3, -0.25) is 14.3 Å². The molecule has 0 aromatic carbocycles. The van der Waals surface area contributed by atoms with Crippen LogP contribution in [0.4, 0.5) is 8.78 Å². The van der Waals surface area contributed by atoms with E-state index in [1.165, 1.54) is 29.3 Å². The molecular weight excluding hydrogens is 372 g/mol. The molecule has 29 heavy (non-hydrogen) atoms. The summed E-state index contributed by atoms with van der Waals surface area (Å²) in [5.41, 5.74) is 1.97. The van der Waals surface area contributed by atoms with Gasteiger partial charge >= 0.3 is 0 Å². The van der Waals surface area contributed by atoms with Gasteiger partial charge in [-0.05, 0) is 56.0 Å². The topological polar surface area (TPSA) is 47.8 Å². The highest BCUT2D eigenvalue weighted by atomic mass is 19.3. The van der Waals surface area contributed by atoms with Crippen LogP contribution in [0.1, 0.15) is 67.5 Å². The van der Waals surface area contributed by atoms with Crippen molar-refractivity contribution in [2.24, 2.45) is 0 Å². The van der Waals surface area contributed by atoms with Gasteiger partial charge in [0.15, 0.2) is 0 Å². The lowest BCUT2D eigenvalue weighted by Gasteiger charge is -2.23. The fourth-order valence-corrected chi connectivity index (χ4v) is 4.33. The van der Waals surface area contributed by atoms with Crippen LogP contribution >= 0.6 is 0 Å². The highest BCUT2D eigenvalue weighted by Gasteiger charge is 2.29. The largest absolute Gasteiger partial charge is 0.286 e. The number of pyridine rings is 3. The van der Waals surface area contributed by atoms with Gasteiger partial charge in [0.05, 0.1) is 12.2 Å². The molecular formula is C23H25F2N3O. The van der Waals surface area contributed by atoms with Gasteiger partial charge < -0.3 is 0 Å². The number of aromatic nitrogens is 3. The molecule has 0 atom stereocenters. The molecule has 3 heterocycles. The van der Waals surface area contributed by atoms with Gasteiger partial charge in [0.1, 0.15) is 5.65 Å². The van der Waals surface area contributed by atoms with Crippen LogP contribution in [-0.4, -0.2) is 14.5 Å². The van der Waals surface area contributed by atoms with Crippen molar-refractivity contribution in [1.29, 1.82) is 0 Å². The van der Waals surface area contributed by atoms with Crippen molar-refractivity contribution in [1.82, 2.24) is 14.5 Å². The van der Waals surface area contributed by atoms with Gasteiger partial charge in [-0.25, -0.2) is 13.8 Å². The van der Waals surface area contributed by atoms with E-state index in [0.29, 0.717) is 5.65 Å². The zero-order valence-electron chi connectivity index (χ0n) is 16.8. The molecule has 152 valence electrons. The van der Waals surface area contributed by atoms with Crippen molar-refractivity contribution < 1.29 is 8.78 Å². The molecule has 3 aromatic rings. The summed E-state index contributed by atoms with van der Waals surface area (Å²) in [4.78, 5) is 22.2. The summed E-state index contributed by atoms with van der Waals surface area (Å²) >= 11 is 0. The first kappa shape index (κ1) is 19.7. The lowest BCUT2D eigenvalue weighted by atomic mass is 9.84. The predicted octanol–water partition coefficient (Wildman–Crippen LogP) is 5.31. The molecule has 0 bridgehead atoms. The van der Waals surface area contributed by atoms with Gasteiger partial charge in [0.25, 0.3) is 11.5 Å². The molecule has 0 N–H and O–H groups in total. The maximum atomic E-state index is 14.1. The molecule has 0 spiro atoms. The number of aryl methyl sites for hydroxylation is 1. The van der Waals surface area contributed by atoms with E-state index in [0.717, 1.165) is 49.3 Å². The smallest absolute Gasteiger partial charge is 0.272 e. The molecule has 0 saturated heterocycles. The maximum Gasteiger partial charge on any atom is 0.272 e. The third-order valence-corrected chi connectivity index (χ3v) is 5.82. The van der Waals surface area contributed by atoms with Crippen LogP contribution in [0.15, 0.2) is 41.3 Å². The van der Waals surface area contributed by atoms with Gasteiger partial charge in [0.2, 0.25) is 0 Å². The monoisotopic (exact) mass is 397 g/mol. The molecule has 0 amide bonds. The van der Waals surface area contributed by atoms with E-state index in [4.69, 9.17) is 0 Å². The summed E-state index contributed by atoms with van der Waals surface area (Å²) in [6.07, 6.45) is 6.88. The van der Waals surface area contributed by atoms with Gasteiger partial charge in [-0.15, -0.1) is 0 Å². The summed E-state index contributed by atoms with van der Waals surface area (Å²) < 4.78 is 29.8. The standard InChI is InChI=1S/C23H25F2N3O/c1-15-10-11-17-13-18(16-7-4-3-5-8-16)22(29)28(21(17)27-15)14-20-19(23(2,24)25)9-6-12-26-20/h6,9-13,16H,3-5,7-8,14H2,1-2H3. The molecule has 0 unspecified atom stereocenters. The quantitative estimate of drug-likeness (QED) is 0.600. The van der Waals surface area contributed by atoms with E-state index in [-0.39, 0.29) is 29.3 Å². The normalized spacial score (nSPS) is 15.7. The molecule has 4 rings (SSSR count). The average Bonchev–Trinajstić information content (AvgIpc) is 2.70. The zero-order chi connectivity index (χ0) is 20.6. The van der Waals surface area contributed by atoms with Gasteiger partial charge in [-0.2, -0.15) is 0 Å². The first-order chi connectivity index (χ1) is 13.8. The lowest BCUT2D eigenvalue weighted by molar-refractivity contribution is 0.0160. The number of rotatable bonds is 4. The zero-order valence-corrected chi connectivity index (χ0v) is 16.8. The second kappa shape index (κ2) is 7.65. The van der Waals surface area contributed by atoms with Crippen molar-refractivity contribution in [2.75, 3.05) is 0 Å². The Balaban J connectivity index is 1.90. The maximum absolute atomic E-state index is 14.1. The van der Waals surface area contributed by atoms with Crippen LogP contribution in [0.25, 0.3) is 11.0 Å². The van der Waals surface area contributed by atoms with E-state index >= 15 is 0 Å². The number of fused-ring (bicyclic) bond motifs is 1. The molecule has 1 saturated carbocycles. The molecule has 1 fully saturated rings. The van der Waals surface area contributed by atoms with Crippen LogP contribution in [0, 0.1) is 6.92 Å². The average molecular weight is 397 g/mol. The van der Waals surface area contributed by atoms with Gasteiger partial charge in [-0.1, -0.05) is 19.3 Å². The molecule has 3 aromatic heterocycles. The van der Waals surface area contributed by atoms with Crippen LogP contribution in [0.3, 0.4) is 0 Å². The Morgan fingerprint density at radius 2 is 1.93 bits per heavy atom. The summed E-state index contributed by atoms with van der Waals surface area (Å²) in [5, 5.41) is 0.858. The van der Waals surface area contributed by atoms with Crippen molar-refractivity contribution >= 4 is 11.0 Å². The highest BCUT2D eigenvalue weighted by Crippen LogP contribution is 2.33. The Labute approximate surface area is 168 Å². The van der Waals surface area contributed by atoms with Crippen LogP contribution in [0.2, 0.25) is 0 Å². The molecule has 6 heteroatoms. The second-order valence-corrected chi connectivity index (χ2v) is 8.08. The summed E-state index contributed by atoms with van der Waals surface area (Å²) in [6, 6.07) is 8.68. The molecule has 4 nitrogen and oxygen atoms in total. The van der Waals surface area contributed by atoms with Crippen molar-refractivity contribution in [3.63, 3.8) is 0 Å². The molecule has 1 aliphatic rings. The SMILES string of the molecule is Cc1ccc2cc(C3CCCCC3)c(=O)n(Cc3ncccc3C(C)(F)F)c2n1. The minimum absolute atomic E-state index is 0.0219. The summed E-state index contributed by atoms with van der Waals surface area (Å²) in [7, 11) is 0. The third kappa shape index (κ3) is 3.93.